The fourth-order valence-corrected chi connectivity index (χ4v) is 2.22. The summed E-state index contributed by atoms with van der Waals surface area (Å²) in [5.41, 5.74) is 0. The van der Waals surface area contributed by atoms with Gasteiger partial charge in [0.05, 0.1) is 0 Å². The molecule has 0 spiro atoms. The first-order chi connectivity index (χ1) is 7.24. The van der Waals surface area contributed by atoms with E-state index in [2.05, 4.69) is 5.32 Å². The lowest BCUT2D eigenvalue weighted by Crippen LogP contribution is -2.37. The highest BCUT2D eigenvalue weighted by Crippen LogP contribution is 2.25. The fraction of sp³-hybridized carbons (Fsp3) is 0.455. The van der Waals surface area contributed by atoms with Crippen LogP contribution in [-0.2, 0) is 0 Å². The van der Waals surface area contributed by atoms with Gasteiger partial charge in [0.15, 0.2) is 0 Å². The van der Waals surface area contributed by atoms with Crippen LogP contribution >= 0.6 is 23.2 Å². The highest BCUT2D eigenvalue weighted by atomic mass is 35.5. The molecule has 1 aromatic carbocycles. The normalized spacial score (nSPS) is 21.3. The quantitative estimate of drug-likeness (QED) is 0.865. The summed E-state index contributed by atoms with van der Waals surface area (Å²) in [5, 5.41) is 4.52. The van der Waals surface area contributed by atoms with Gasteiger partial charge in [0.2, 0.25) is 0 Å². The first kappa shape index (κ1) is 11.1. The Kier molecular flexibility index (Phi) is 3.73. The Bertz CT molecular complexity index is 317. The van der Waals surface area contributed by atoms with Crippen molar-refractivity contribution in [2.75, 3.05) is 13.1 Å². The molecule has 1 saturated heterocycles. The molecule has 0 aliphatic carbocycles. The number of halogens is 2. The lowest BCUT2D eigenvalue weighted by atomic mass is 10.1. The maximum Gasteiger partial charge on any atom is 0.122 e. The van der Waals surface area contributed by atoms with Gasteiger partial charge in [-0.15, -0.1) is 0 Å². The smallest absolute Gasteiger partial charge is 0.122 e. The maximum atomic E-state index is 5.89. The van der Waals surface area contributed by atoms with Crippen molar-refractivity contribution in [2.45, 2.75) is 18.9 Å². The molecule has 1 N–H and O–H groups in total. The van der Waals surface area contributed by atoms with Crippen LogP contribution in [0.4, 0.5) is 0 Å². The minimum atomic E-state index is 0.230. The number of piperidine rings is 1. The van der Waals surface area contributed by atoms with Crippen molar-refractivity contribution in [1.82, 2.24) is 5.32 Å². The van der Waals surface area contributed by atoms with Crippen molar-refractivity contribution in [1.29, 1.82) is 0 Å². The summed E-state index contributed by atoms with van der Waals surface area (Å²) in [5.74, 6) is 0.751. The van der Waals surface area contributed by atoms with Crippen LogP contribution < -0.4 is 10.1 Å². The molecule has 0 bridgehead atoms. The molecule has 0 saturated carbocycles. The van der Waals surface area contributed by atoms with Gasteiger partial charge in [0.1, 0.15) is 11.9 Å². The number of nitrogens with one attached hydrogen (secondary N) is 1. The van der Waals surface area contributed by atoms with Crippen LogP contribution in [0.1, 0.15) is 12.8 Å². The summed E-state index contributed by atoms with van der Waals surface area (Å²) in [4.78, 5) is 0. The van der Waals surface area contributed by atoms with Crippen molar-refractivity contribution in [3.8, 4) is 5.75 Å². The summed E-state index contributed by atoms with van der Waals surface area (Å²) in [6.45, 7) is 1.97. The van der Waals surface area contributed by atoms with Crippen molar-refractivity contribution in [3.63, 3.8) is 0 Å². The monoisotopic (exact) mass is 245 g/mol. The summed E-state index contributed by atoms with van der Waals surface area (Å²) in [6.07, 6.45) is 2.46. The molecule has 1 fully saturated rings. The van der Waals surface area contributed by atoms with E-state index in [4.69, 9.17) is 27.9 Å². The van der Waals surface area contributed by atoms with Gasteiger partial charge in [0, 0.05) is 16.6 Å². The van der Waals surface area contributed by atoms with Gasteiger partial charge in [-0.05, 0) is 37.6 Å². The van der Waals surface area contributed by atoms with Crippen LogP contribution in [0.25, 0.3) is 0 Å². The Morgan fingerprint density at radius 3 is 2.53 bits per heavy atom. The predicted molar refractivity (Wildman–Crippen MR) is 63.0 cm³/mol. The van der Waals surface area contributed by atoms with Crippen LogP contribution in [0.15, 0.2) is 18.2 Å². The third-order valence-corrected chi connectivity index (χ3v) is 2.83. The maximum absolute atomic E-state index is 5.89. The zero-order valence-corrected chi connectivity index (χ0v) is 9.81. The second-order valence-corrected chi connectivity index (χ2v) is 4.56. The Morgan fingerprint density at radius 1 is 1.20 bits per heavy atom. The van der Waals surface area contributed by atoms with E-state index in [1.165, 1.54) is 0 Å². The van der Waals surface area contributed by atoms with E-state index in [9.17, 15) is 0 Å². The van der Waals surface area contributed by atoms with Crippen molar-refractivity contribution < 1.29 is 4.74 Å². The minimum Gasteiger partial charge on any atom is -0.489 e. The third kappa shape index (κ3) is 3.26. The lowest BCUT2D eigenvalue weighted by Gasteiger charge is -2.24. The largest absolute Gasteiger partial charge is 0.489 e. The van der Waals surface area contributed by atoms with Gasteiger partial charge in [-0.25, -0.2) is 0 Å². The van der Waals surface area contributed by atoms with Crippen LogP contribution in [0.5, 0.6) is 5.75 Å². The number of ether oxygens (including phenoxy) is 1. The van der Waals surface area contributed by atoms with Gasteiger partial charge in [-0.2, -0.15) is 0 Å². The van der Waals surface area contributed by atoms with Crippen LogP contribution in [-0.4, -0.2) is 19.2 Å². The lowest BCUT2D eigenvalue weighted by molar-refractivity contribution is 0.167. The third-order valence-electron chi connectivity index (χ3n) is 2.39. The summed E-state index contributed by atoms with van der Waals surface area (Å²) >= 11 is 11.8. The first-order valence-corrected chi connectivity index (χ1v) is 5.83. The second kappa shape index (κ2) is 5.06. The molecule has 1 aromatic rings. The molecular weight excluding hydrogens is 233 g/mol. The molecule has 2 nitrogen and oxygen atoms in total. The summed E-state index contributed by atoms with van der Waals surface area (Å²) in [6, 6.07) is 5.29. The molecule has 1 heterocycles. The molecule has 0 radical (unpaired) electrons. The average Bonchev–Trinajstić information content (AvgIpc) is 2.17. The zero-order chi connectivity index (χ0) is 10.7. The van der Waals surface area contributed by atoms with Gasteiger partial charge >= 0.3 is 0 Å². The summed E-state index contributed by atoms with van der Waals surface area (Å²) in [7, 11) is 0. The number of benzene rings is 1. The standard InChI is InChI=1S/C11H13Cl2NO/c12-8-4-9(13)6-11(5-8)15-10-2-1-3-14-7-10/h4-6,10,14H,1-3,7H2/t10-/m1/s1. The van der Waals surface area contributed by atoms with Crippen molar-refractivity contribution in [2.24, 2.45) is 0 Å². The SMILES string of the molecule is Clc1cc(Cl)cc(O[C@@H]2CCCNC2)c1. The topological polar surface area (TPSA) is 21.3 Å². The molecule has 15 heavy (non-hydrogen) atoms. The Labute approximate surface area is 99.5 Å². The molecule has 1 aliphatic heterocycles. The predicted octanol–water partition coefficient (Wildman–Crippen LogP) is 3.12. The average molecular weight is 246 g/mol. The number of rotatable bonds is 2. The molecule has 4 heteroatoms. The van der Waals surface area contributed by atoms with Crippen molar-refractivity contribution >= 4 is 23.2 Å². The minimum absolute atomic E-state index is 0.230. The zero-order valence-electron chi connectivity index (χ0n) is 8.30. The van der Waals surface area contributed by atoms with E-state index in [1.54, 1.807) is 18.2 Å². The summed E-state index contributed by atoms with van der Waals surface area (Å²) < 4.78 is 5.79. The van der Waals surface area contributed by atoms with Crippen LogP contribution in [0.2, 0.25) is 10.0 Å². The molecule has 82 valence electrons. The van der Waals surface area contributed by atoms with E-state index in [0.717, 1.165) is 31.7 Å². The van der Waals surface area contributed by atoms with Crippen LogP contribution in [0.3, 0.4) is 0 Å². The van der Waals surface area contributed by atoms with Crippen LogP contribution in [0, 0.1) is 0 Å². The highest BCUT2D eigenvalue weighted by molar-refractivity contribution is 6.34. The van der Waals surface area contributed by atoms with Gasteiger partial charge in [-0.1, -0.05) is 23.2 Å². The first-order valence-electron chi connectivity index (χ1n) is 5.07. The Balaban J connectivity index is 2.02. The molecule has 0 amide bonds. The van der Waals surface area contributed by atoms with Gasteiger partial charge < -0.3 is 10.1 Å². The molecule has 2 rings (SSSR count). The number of hydrogen-bond acceptors (Lipinski definition) is 2. The van der Waals surface area contributed by atoms with Crippen molar-refractivity contribution in [3.05, 3.63) is 28.2 Å². The van der Waals surface area contributed by atoms with E-state index < -0.39 is 0 Å². The van der Waals surface area contributed by atoms with Gasteiger partial charge in [-0.3, -0.25) is 0 Å². The Hall–Kier alpha value is -0.440. The van der Waals surface area contributed by atoms with E-state index in [1.807, 2.05) is 0 Å². The number of hydrogen-bond donors (Lipinski definition) is 1. The molecule has 1 aliphatic rings. The molecule has 1 atom stereocenters. The van der Waals surface area contributed by atoms with E-state index >= 15 is 0 Å². The second-order valence-electron chi connectivity index (χ2n) is 3.69. The Morgan fingerprint density at radius 2 is 1.93 bits per heavy atom. The fourth-order valence-electron chi connectivity index (χ4n) is 1.71. The highest BCUT2D eigenvalue weighted by Gasteiger charge is 2.14. The van der Waals surface area contributed by atoms with E-state index in [0.29, 0.717) is 10.0 Å². The van der Waals surface area contributed by atoms with Gasteiger partial charge in [0.25, 0.3) is 0 Å². The molecular formula is C11H13Cl2NO. The molecule has 0 aromatic heterocycles. The van der Waals surface area contributed by atoms with E-state index in [-0.39, 0.29) is 6.10 Å². The molecule has 0 unspecified atom stereocenters.